The molecule has 8 heteroatoms. The van der Waals surface area contributed by atoms with Crippen LogP contribution in [0.5, 0.6) is 0 Å². The summed E-state index contributed by atoms with van der Waals surface area (Å²) in [4.78, 5) is 29.9. The van der Waals surface area contributed by atoms with Crippen molar-refractivity contribution in [2.24, 2.45) is 0 Å². The average Bonchev–Trinajstić information content (AvgIpc) is 3.39. The third-order valence-electron chi connectivity index (χ3n) is 5.23. The van der Waals surface area contributed by atoms with Crippen molar-refractivity contribution in [2.75, 3.05) is 30.7 Å². The molecule has 1 aromatic carbocycles. The van der Waals surface area contributed by atoms with Gasteiger partial charge in [-0.2, -0.15) is 5.26 Å². The number of thioether (sulfide) groups is 1. The number of nitrogens with one attached hydrogen (secondary N) is 1. The van der Waals surface area contributed by atoms with Gasteiger partial charge >= 0.3 is 6.03 Å². The molecule has 1 aromatic heterocycles. The summed E-state index contributed by atoms with van der Waals surface area (Å²) in [6.45, 7) is 1.96. The van der Waals surface area contributed by atoms with E-state index in [-0.39, 0.29) is 16.8 Å². The molecule has 0 bridgehead atoms. The van der Waals surface area contributed by atoms with Crippen LogP contribution in [-0.4, -0.2) is 52.0 Å². The van der Waals surface area contributed by atoms with Crippen molar-refractivity contribution in [2.45, 2.75) is 17.7 Å². The van der Waals surface area contributed by atoms with E-state index in [2.05, 4.69) is 11.4 Å². The number of nitriles is 1. The number of carbonyl (C=O) groups excluding carboxylic acids is 2. The third kappa shape index (κ3) is 3.60. The van der Waals surface area contributed by atoms with Gasteiger partial charge in [0.2, 0.25) is 0 Å². The van der Waals surface area contributed by atoms with Crippen molar-refractivity contribution in [3.8, 4) is 6.07 Å². The first-order valence-electron chi connectivity index (χ1n) is 9.17. The Bertz CT molecular complexity index is 915. The highest BCUT2D eigenvalue weighted by Gasteiger charge is 2.47. The van der Waals surface area contributed by atoms with Gasteiger partial charge in [-0.25, -0.2) is 4.79 Å². The van der Waals surface area contributed by atoms with Crippen LogP contribution < -0.4 is 5.32 Å². The van der Waals surface area contributed by atoms with Gasteiger partial charge in [-0.05, 0) is 42.5 Å². The van der Waals surface area contributed by atoms with Crippen LogP contribution in [0.3, 0.4) is 0 Å². The van der Waals surface area contributed by atoms with Gasteiger partial charge in [-0.15, -0.1) is 23.1 Å². The van der Waals surface area contributed by atoms with E-state index < -0.39 is 0 Å². The number of urea groups is 1. The Hall–Kier alpha value is -2.50. The summed E-state index contributed by atoms with van der Waals surface area (Å²) in [5, 5.41) is 13.8. The highest BCUT2D eigenvalue weighted by molar-refractivity contribution is 8.00. The minimum atomic E-state index is -0.210. The van der Waals surface area contributed by atoms with Crippen LogP contribution in [0.15, 0.2) is 41.8 Å². The standard InChI is InChI=1S/C20H20N4O2S2/c21-14-15-3-1-4-16(13-15)22-19(26)23-8-6-20(7-9-23)24(10-12-28-20)18(25)17-5-2-11-27-17/h1-5,11,13H,6-10,12H2,(H,22,26). The quantitative estimate of drug-likeness (QED) is 0.813. The Morgan fingerprint density at radius 3 is 2.68 bits per heavy atom. The normalized spacial score (nSPS) is 18.1. The molecule has 144 valence electrons. The molecule has 6 nitrogen and oxygen atoms in total. The molecular weight excluding hydrogens is 392 g/mol. The number of thiophene rings is 1. The van der Waals surface area contributed by atoms with Crippen LogP contribution in [0.1, 0.15) is 28.1 Å². The van der Waals surface area contributed by atoms with Crippen molar-refractivity contribution < 1.29 is 9.59 Å². The molecular formula is C20H20N4O2S2. The predicted octanol–water partition coefficient (Wildman–Crippen LogP) is 3.83. The van der Waals surface area contributed by atoms with Crippen molar-refractivity contribution >= 4 is 40.7 Å². The molecule has 1 N–H and O–H groups in total. The molecule has 1 spiro atoms. The number of rotatable bonds is 2. The number of likely N-dealkylation sites (tertiary alicyclic amines) is 1. The zero-order valence-corrected chi connectivity index (χ0v) is 16.9. The summed E-state index contributed by atoms with van der Waals surface area (Å²) < 4.78 is 0. The van der Waals surface area contributed by atoms with Crippen LogP contribution in [0.4, 0.5) is 10.5 Å². The van der Waals surface area contributed by atoms with Gasteiger partial charge in [0.15, 0.2) is 0 Å². The van der Waals surface area contributed by atoms with E-state index in [4.69, 9.17) is 5.26 Å². The van der Waals surface area contributed by atoms with Crippen LogP contribution in [0, 0.1) is 11.3 Å². The highest BCUT2D eigenvalue weighted by atomic mass is 32.2. The molecule has 0 atom stereocenters. The third-order valence-corrected chi connectivity index (χ3v) is 7.64. The SMILES string of the molecule is N#Cc1cccc(NC(=O)N2CCC3(CC2)SCCN3C(=O)c2cccs2)c1. The Morgan fingerprint density at radius 2 is 1.96 bits per heavy atom. The monoisotopic (exact) mass is 412 g/mol. The highest BCUT2D eigenvalue weighted by Crippen LogP contribution is 2.44. The van der Waals surface area contributed by atoms with Crippen molar-refractivity contribution in [1.29, 1.82) is 5.26 Å². The fourth-order valence-corrected chi connectivity index (χ4v) is 5.90. The molecule has 28 heavy (non-hydrogen) atoms. The van der Waals surface area contributed by atoms with E-state index in [0.29, 0.717) is 24.3 Å². The molecule has 0 unspecified atom stereocenters. The van der Waals surface area contributed by atoms with Gasteiger partial charge in [0.1, 0.15) is 0 Å². The largest absolute Gasteiger partial charge is 0.324 e. The average molecular weight is 413 g/mol. The second-order valence-electron chi connectivity index (χ2n) is 6.84. The Labute approximate surface area is 172 Å². The van der Waals surface area contributed by atoms with Crippen LogP contribution in [-0.2, 0) is 0 Å². The number of anilines is 1. The van der Waals surface area contributed by atoms with Gasteiger partial charge in [-0.3, -0.25) is 4.79 Å². The molecule has 0 radical (unpaired) electrons. The van der Waals surface area contributed by atoms with Crippen molar-refractivity contribution in [3.05, 3.63) is 52.2 Å². The van der Waals surface area contributed by atoms with E-state index in [1.54, 1.807) is 29.2 Å². The maximum atomic E-state index is 12.9. The van der Waals surface area contributed by atoms with Gasteiger partial charge < -0.3 is 15.1 Å². The molecule has 4 rings (SSSR count). The van der Waals surface area contributed by atoms with Crippen LogP contribution in [0.25, 0.3) is 0 Å². The molecule has 3 heterocycles. The smallest absolute Gasteiger partial charge is 0.321 e. The summed E-state index contributed by atoms with van der Waals surface area (Å²) >= 11 is 3.31. The Balaban J connectivity index is 1.40. The van der Waals surface area contributed by atoms with E-state index in [1.165, 1.54) is 11.3 Å². The lowest BCUT2D eigenvalue weighted by molar-refractivity contribution is 0.0590. The molecule has 2 saturated heterocycles. The van der Waals surface area contributed by atoms with E-state index >= 15 is 0 Å². The summed E-state index contributed by atoms with van der Waals surface area (Å²) in [6, 6.07) is 12.6. The van der Waals surface area contributed by atoms with Crippen LogP contribution >= 0.6 is 23.1 Å². The molecule has 0 aliphatic carbocycles. The summed E-state index contributed by atoms with van der Waals surface area (Å²) in [6.07, 6.45) is 1.53. The lowest BCUT2D eigenvalue weighted by atomic mass is 10.0. The maximum absolute atomic E-state index is 12.9. The minimum absolute atomic E-state index is 0.103. The van der Waals surface area contributed by atoms with Gasteiger partial charge in [0.25, 0.3) is 5.91 Å². The van der Waals surface area contributed by atoms with E-state index in [1.807, 2.05) is 34.2 Å². The number of hydrogen-bond donors (Lipinski definition) is 1. The number of hydrogen-bond acceptors (Lipinski definition) is 5. The first kappa shape index (κ1) is 18.8. The predicted molar refractivity (Wildman–Crippen MR) is 112 cm³/mol. The summed E-state index contributed by atoms with van der Waals surface area (Å²) in [7, 11) is 0. The first-order chi connectivity index (χ1) is 13.6. The number of carbonyl (C=O) groups is 2. The van der Waals surface area contributed by atoms with Gasteiger partial charge in [-0.1, -0.05) is 12.1 Å². The molecule has 2 aliphatic heterocycles. The van der Waals surface area contributed by atoms with Crippen molar-refractivity contribution in [1.82, 2.24) is 9.80 Å². The van der Waals surface area contributed by atoms with Crippen LogP contribution in [0.2, 0.25) is 0 Å². The Morgan fingerprint density at radius 1 is 1.14 bits per heavy atom. The summed E-state index contributed by atoms with van der Waals surface area (Å²) in [5.41, 5.74) is 1.13. The molecule has 3 amide bonds. The second kappa shape index (κ2) is 7.86. The van der Waals surface area contributed by atoms with Gasteiger partial charge in [0.05, 0.1) is 21.4 Å². The zero-order valence-electron chi connectivity index (χ0n) is 15.3. The van der Waals surface area contributed by atoms with E-state index in [9.17, 15) is 9.59 Å². The Kier molecular flexibility index (Phi) is 5.29. The number of amides is 3. The van der Waals surface area contributed by atoms with Crippen molar-refractivity contribution in [3.63, 3.8) is 0 Å². The topological polar surface area (TPSA) is 76.4 Å². The molecule has 2 aliphatic rings. The maximum Gasteiger partial charge on any atom is 0.321 e. The lowest BCUT2D eigenvalue weighted by Crippen LogP contribution is -2.54. The lowest BCUT2D eigenvalue weighted by Gasteiger charge is -2.43. The fourth-order valence-electron chi connectivity index (χ4n) is 3.77. The van der Waals surface area contributed by atoms with Gasteiger partial charge in [0, 0.05) is 31.1 Å². The minimum Gasteiger partial charge on any atom is -0.324 e. The van der Waals surface area contributed by atoms with E-state index in [0.717, 1.165) is 30.0 Å². The zero-order chi connectivity index (χ0) is 19.6. The second-order valence-corrected chi connectivity index (χ2v) is 9.24. The number of benzene rings is 1. The fraction of sp³-hybridized carbons (Fsp3) is 0.350. The summed E-state index contributed by atoms with van der Waals surface area (Å²) in [5.74, 6) is 1.04. The number of nitrogens with zero attached hydrogens (tertiary/aromatic N) is 3. The first-order valence-corrected chi connectivity index (χ1v) is 11.0. The number of piperidine rings is 1. The molecule has 2 fully saturated rings. The molecule has 2 aromatic rings. The molecule has 0 saturated carbocycles.